The van der Waals surface area contributed by atoms with Crippen LogP contribution in [0.15, 0.2) is 23.1 Å². The van der Waals surface area contributed by atoms with E-state index < -0.39 is 26.5 Å². The second-order valence-corrected chi connectivity index (χ2v) is 8.70. The molecular formula is C17H26N2O5S. The Morgan fingerprint density at radius 3 is 2.56 bits per heavy atom. The second-order valence-electron chi connectivity index (χ2n) is 6.72. The number of nitrogens with zero attached hydrogens (tertiary/aromatic N) is 1. The van der Waals surface area contributed by atoms with Gasteiger partial charge in [0.25, 0.3) is 20.6 Å². The average Bonchev–Trinajstić information content (AvgIpc) is 2.54. The minimum Gasteiger partial charge on any atom is -0.357 e. The number of pyridine rings is 1. The molecule has 25 heavy (non-hydrogen) atoms. The summed E-state index contributed by atoms with van der Waals surface area (Å²) in [5.41, 5.74) is 0.255. The molecule has 2 N–H and O–H groups in total. The van der Waals surface area contributed by atoms with Gasteiger partial charge in [0.2, 0.25) is 5.91 Å². The van der Waals surface area contributed by atoms with Gasteiger partial charge in [0.1, 0.15) is 0 Å². The Kier molecular flexibility index (Phi) is 6.05. The van der Waals surface area contributed by atoms with Gasteiger partial charge in [0.05, 0.1) is 0 Å². The van der Waals surface area contributed by atoms with Crippen LogP contribution in [-0.4, -0.2) is 24.0 Å². The van der Waals surface area contributed by atoms with E-state index in [4.69, 9.17) is 0 Å². The normalized spacial score (nSPS) is 18.5. The molecule has 1 fully saturated rings. The van der Waals surface area contributed by atoms with E-state index in [0.29, 0.717) is 12.3 Å². The molecule has 1 unspecified atom stereocenters. The van der Waals surface area contributed by atoms with Crippen molar-refractivity contribution in [1.82, 2.24) is 9.29 Å². The maximum Gasteiger partial charge on any atom is 0.285 e. The number of hydrogen-bond acceptors (Lipinski definition) is 5. The number of aromatic nitrogens is 1. The monoisotopic (exact) mass is 370 g/mol. The quantitative estimate of drug-likeness (QED) is 0.794. The molecule has 1 atom stereocenters. The highest BCUT2D eigenvalue weighted by atomic mass is 32.2. The molecule has 0 aromatic carbocycles. The fraction of sp³-hybridized carbons (Fsp3) is 0.647. The van der Waals surface area contributed by atoms with E-state index in [9.17, 15) is 23.1 Å². The summed E-state index contributed by atoms with van der Waals surface area (Å²) in [5, 5.41) is 7.92. The number of amides is 1. The van der Waals surface area contributed by atoms with Crippen LogP contribution in [0.1, 0.15) is 70.3 Å². The van der Waals surface area contributed by atoms with Crippen molar-refractivity contribution >= 4 is 15.9 Å². The number of nitrogens with one attached hydrogen (secondary N) is 1. The molecule has 1 heterocycles. The van der Waals surface area contributed by atoms with Crippen LogP contribution in [0.2, 0.25) is 0 Å². The molecule has 7 nitrogen and oxygen atoms in total. The van der Waals surface area contributed by atoms with Crippen LogP contribution in [0.5, 0.6) is 0 Å². The number of carbonyl (C=O) groups is 1. The van der Waals surface area contributed by atoms with Crippen molar-refractivity contribution in [3.63, 3.8) is 0 Å². The fourth-order valence-electron chi connectivity index (χ4n) is 3.18. The maximum atomic E-state index is 12.4. The molecule has 1 amide bonds. The number of sulfonamides is 1. The minimum atomic E-state index is -4.48. The van der Waals surface area contributed by atoms with Crippen molar-refractivity contribution in [1.29, 1.82) is 0 Å². The Bertz CT molecular complexity index is 776. The van der Waals surface area contributed by atoms with Gasteiger partial charge in [0.15, 0.2) is 0 Å². The highest BCUT2D eigenvalue weighted by molar-refractivity contribution is 7.90. The summed E-state index contributed by atoms with van der Waals surface area (Å²) in [6.07, 6.45) is 7.21. The molecule has 1 aromatic rings. The third kappa shape index (κ3) is 4.30. The molecule has 1 saturated carbocycles. The lowest BCUT2D eigenvalue weighted by molar-refractivity contribution is -0.119. The van der Waals surface area contributed by atoms with Crippen molar-refractivity contribution in [2.75, 3.05) is 0 Å². The average molecular weight is 370 g/mol. The molecule has 0 radical (unpaired) electrons. The fourth-order valence-corrected chi connectivity index (χ4v) is 4.19. The Balaban J connectivity index is 2.29. The maximum absolute atomic E-state index is 12.4. The van der Waals surface area contributed by atoms with E-state index >= 15 is 0 Å². The molecule has 8 heteroatoms. The lowest BCUT2D eigenvalue weighted by Crippen LogP contribution is -2.51. The highest BCUT2D eigenvalue weighted by Crippen LogP contribution is 2.32. The molecule has 1 aliphatic carbocycles. The van der Waals surface area contributed by atoms with Crippen LogP contribution < -0.4 is 10.3 Å². The second kappa shape index (κ2) is 7.70. The summed E-state index contributed by atoms with van der Waals surface area (Å²) in [6, 6.07) is 3.06. The first-order valence-electron chi connectivity index (χ1n) is 8.69. The van der Waals surface area contributed by atoms with Crippen molar-refractivity contribution in [2.24, 2.45) is 0 Å². The Labute approximate surface area is 148 Å². The smallest absolute Gasteiger partial charge is 0.285 e. The Hall–Kier alpha value is -1.67. The molecule has 140 valence electrons. The third-order valence-electron chi connectivity index (χ3n) is 4.70. The van der Waals surface area contributed by atoms with Gasteiger partial charge >= 0.3 is 0 Å². The minimum absolute atomic E-state index is 0.0187. The van der Waals surface area contributed by atoms with Gasteiger partial charge in [-0.25, -0.2) is 13.1 Å². The summed E-state index contributed by atoms with van der Waals surface area (Å²) in [4.78, 5) is 24.0. The van der Waals surface area contributed by atoms with Crippen LogP contribution in [0.25, 0.3) is 0 Å². The van der Waals surface area contributed by atoms with Crippen LogP contribution in [0.3, 0.4) is 0 Å². The standard InChI is InChI=1S/C17H26N2O5S/c1-3-7-15(20)18-25(23,24)17(2,22)19-11-10-14(12-16(19)21)13-8-5-4-6-9-13/h10-13,22H,3-9H2,1-2H3,(H,18,20). The largest absolute Gasteiger partial charge is 0.357 e. The molecule has 0 bridgehead atoms. The van der Waals surface area contributed by atoms with Crippen molar-refractivity contribution < 1.29 is 18.3 Å². The van der Waals surface area contributed by atoms with Crippen LogP contribution >= 0.6 is 0 Å². The summed E-state index contributed by atoms with van der Waals surface area (Å²) in [7, 11) is -4.48. The Morgan fingerprint density at radius 1 is 1.36 bits per heavy atom. The lowest BCUT2D eigenvalue weighted by Gasteiger charge is -2.27. The molecule has 0 spiro atoms. The first-order chi connectivity index (χ1) is 11.7. The summed E-state index contributed by atoms with van der Waals surface area (Å²) in [5.74, 6) is -0.420. The molecule has 0 aliphatic heterocycles. The molecular weight excluding hydrogens is 344 g/mol. The first-order valence-corrected chi connectivity index (χ1v) is 10.2. The Morgan fingerprint density at radius 2 is 2.00 bits per heavy atom. The van der Waals surface area contributed by atoms with E-state index in [2.05, 4.69) is 0 Å². The summed E-state index contributed by atoms with van der Waals surface area (Å²) >= 11 is 0. The summed E-state index contributed by atoms with van der Waals surface area (Å²) in [6.45, 7) is 2.72. The van der Waals surface area contributed by atoms with Gasteiger partial charge in [-0.2, -0.15) is 0 Å². The van der Waals surface area contributed by atoms with Crippen molar-refractivity contribution in [3.8, 4) is 0 Å². The molecule has 2 rings (SSSR count). The van der Waals surface area contributed by atoms with Gasteiger partial charge in [-0.05, 0) is 36.8 Å². The van der Waals surface area contributed by atoms with Gasteiger partial charge < -0.3 is 5.11 Å². The zero-order chi connectivity index (χ0) is 18.7. The zero-order valence-electron chi connectivity index (χ0n) is 14.7. The van der Waals surface area contributed by atoms with E-state index in [-0.39, 0.29) is 6.42 Å². The number of rotatable bonds is 6. The van der Waals surface area contributed by atoms with E-state index in [0.717, 1.165) is 42.7 Å². The summed E-state index contributed by atoms with van der Waals surface area (Å²) < 4.78 is 27.2. The molecule has 1 aliphatic rings. The van der Waals surface area contributed by atoms with Gasteiger partial charge in [-0.15, -0.1) is 0 Å². The third-order valence-corrected chi connectivity index (χ3v) is 6.41. The molecule has 1 aromatic heterocycles. The first kappa shape index (κ1) is 19.7. The topological polar surface area (TPSA) is 105 Å². The van der Waals surface area contributed by atoms with Gasteiger partial charge in [-0.1, -0.05) is 26.2 Å². The van der Waals surface area contributed by atoms with E-state index in [1.807, 2.05) is 4.72 Å². The van der Waals surface area contributed by atoms with Gasteiger partial charge in [0, 0.05) is 25.6 Å². The predicted octanol–water partition coefficient (Wildman–Crippen LogP) is 1.76. The number of carbonyl (C=O) groups excluding carboxylic acids is 1. The highest BCUT2D eigenvalue weighted by Gasteiger charge is 2.41. The van der Waals surface area contributed by atoms with E-state index in [1.165, 1.54) is 18.7 Å². The number of aliphatic hydroxyl groups is 1. The zero-order valence-corrected chi connectivity index (χ0v) is 15.5. The van der Waals surface area contributed by atoms with Gasteiger partial charge in [-0.3, -0.25) is 14.2 Å². The van der Waals surface area contributed by atoms with Crippen LogP contribution in [-0.2, 0) is 19.9 Å². The van der Waals surface area contributed by atoms with Crippen LogP contribution in [0, 0.1) is 0 Å². The van der Waals surface area contributed by atoms with Crippen LogP contribution in [0.4, 0.5) is 0 Å². The molecule has 0 saturated heterocycles. The van der Waals surface area contributed by atoms with Crippen molar-refractivity contribution in [2.45, 2.75) is 69.8 Å². The predicted molar refractivity (Wildman–Crippen MR) is 94.4 cm³/mol. The number of hydrogen-bond donors (Lipinski definition) is 2. The van der Waals surface area contributed by atoms with Crippen molar-refractivity contribution in [3.05, 3.63) is 34.2 Å². The lowest BCUT2D eigenvalue weighted by atomic mass is 9.84. The SMILES string of the molecule is CCCC(=O)NS(=O)(=O)C(C)(O)n1ccc(C2CCCCC2)cc1=O. The van der Waals surface area contributed by atoms with E-state index in [1.54, 1.807) is 13.0 Å².